The minimum absolute atomic E-state index is 0.0838. The molecule has 9 heteroatoms. The fourth-order valence-electron chi connectivity index (χ4n) is 3.22. The van der Waals surface area contributed by atoms with Crippen molar-refractivity contribution >= 4 is 21.6 Å². The Morgan fingerprint density at radius 3 is 2.52 bits per heavy atom. The van der Waals surface area contributed by atoms with Gasteiger partial charge in [-0.1, -0.05) is 23.7 Å². The Hall–Kier alpha value is -1.71. The maximum atomic E-state index is 13.1. The molecule has 0 spiro atoms. The molecule has 0 amide bonds. The van der Waals surface area contributed by atoms with Crippen LogP contribution in [0, 0.1) is 5.82 Å². The largest absolute Gasteiger partial charge is 0.489 e. The van der Waals surface area contributed by atoms with E-state index in [4.69, 9.17) is 16.3 Å². The molecule has 1 fully saturated rings. The van der Waals surface area contributed by atoms with Crippen molar-refractivity contribution in [3.8, 4) is 5.75 Å². The van der Waals surface area contributed by atoms with Gasteiger partial charge in [0.2, 0.25) is 10.0 Å². The smallest absolute Gasteiger partial charge is 0.243 e. The molecule has 2 aromatic rings. The number of halogens is 2. The second kappa shape index (κ2) is 9.86. The van der Waals surface area contributed by atoms with Crippen molar-refractivity contribution in [3.05, 3.63) is 59.4 Å². The topological polar surface area (TPSA) is 70.1 Å². The van der Waals surface area contributed by atoms with E-state index in [1.54, 1.807) is 24.3 Å². The van der Waals surface area contributed by atoms with Gasteiger partial charge in [-0.3, -0.25) is 4.90 Å². The summed E-state index contributed by atoms with van der Waals surface area (Å²) in [7, 11) is -3.67. The van der Waals surface area contributed by atoms with Crippen molar-refractivity contribution in [2.45, 2.75) is 17.4 Å². The molecule has 0 aliphatic carbocycles. The van der Waals surface area contributed by atoms with Crippen LogP contribution in [-0.4, -0.2) is 68.2 Å². The molecule has 3 rings (SSSR count). The number of hydrogen-bond acceptors (Lipinski definition) is 5. The molecular weight excluding hydrogens is 419 g/mol. The van der Waals surface area contributed by atoms with Crippen molar-refractivity contribution in [2.75, 3.05) is 39.3 Å². The fourth-order valence-corrected chi connectivity index (χ4v) is 4.88. The second-order valence-corrected chi connectivity index (χ2v) is 9.25. The number of nitrogens with zero attached hydrogens (tertiary/aromatic N) is 2. The lowest BCUT2D eigenvalue weighted by Crippen LogP contribution is -2.39. The van der Waals surface area contributed by atoms with Crippen LogP contribution in [-0.2, 0) is 10.0 Å². The number of rotatable bonds is 7. The van der Waals surface area contributed by atoms with E-state index in [2.05, 4.69) is 0 Å². The molecule has 6 nitrogen and oxygen atoms in total. The lowest BCUT2D eigenvalue weighted by Gasteiger charge is -2.24. The summed E-state index contributed by atoms with van der Waals surface area (Å²) in [6.45, 7) is 2.30. The lowest BCUT2D eigenvalue weighted by molar-refractivity contribution is 0.0700. The predicted molar refractivity (Wildman–Crippen MR) is 109 cm³/mol. The van der Waals surface area contributed by atoms with Crippen molar-refractivity contribution in [1.82, 2.24) is 9.21 Å². The van der Waals surface area contributed by atoms with Crippen LogP contribution in [0.15, 0.2) is 53.4 Å². The van der Waals surface area contributed by atoms with Crippen LogP contribution in [0.3, 0.4) is 0 Å². The number of β-amino-alcohol motifs (C(OH)–C–C–N with tert-alkyl or cyclic N) is 1. The molecule has 2 aromatic carbocycles. The highest BCUT2D eigenvalue weighted by atomic mass is 35.5. The molecule has 158 valence electrons. The van der Waals surface area contributed by atoms with Gasteiger partial charge in [0.15, 0.2) is 0 Å². The average Bonchev–Trinajstić information content (AvgIpc) is 2.94. The molecule has 1 heterocycles. The van der Waals surface area contributed by atoms with Gasteiger partial charge in [0.25, 0.3) is 0 Å². The monoisotopic (exact) mass is 442 g/mol. The normalized spacial score (nSPS) is 17.6. The molecule has 1 N–H and O–H groups in total. The summed E-state index contributed by atoms with van der Waals surface area (Å²) in [6.07, 6.45) is -0.0927. The summed E-state index contributed by atoms with van der Waals surface area (Å²) in [5, 5.41) is 10.8. The summed E-state index contributed by atoms with van der Waals surface area (Å²) >= 11 is 6.04. The Balaban J connectivity index is 1.53. The minimum atomic E-state index is -3.67. The second-order valence-electron chi connectivity index (χ2n) is 6.91. The minimum Gasteiger partial charge on any atom is -0.489 e. The summed E-state index contributed by atoms with van der Waals surface area (Å²) in [5.74, 6) is 0.0413. The van der Waals surface area contributed by atoms with Crippen LogP contribution in [0.5, 0.6) is 5.75 Å². The quantitative estimate of drug-likeness (QED) is 0.713. The number of para-hydroxylation sites is 1. The predicted octanol–water partition coefficient (Wildman–Crippen LogP) is 2.62. The Labute approximate surface area is 175 Å². The van der Waals surface area contributed by atoms with Gasteiger partial charge in [-0.05, 0) is 49.4 Å². The van der Waals surface area contributed by atoms with Crippen molar-refractivity contribution in [1.29, 1.82) is 0 Å². The molecular formula is C20H24ClFN2O4S. The molecule has 0 bridgehead atoms. The van der Waals surface area contributed by atoms with E-state index in [1.807, 2.05) is 4.90 Å². The third-order valence-corrected chi connectivity index (χ3v) is 6.96. The van der Waals surface area contributed by atoms with Gasteiger partial charge < -0.3 is 9.84 Å². The lowest BCUT2D eigenvalue weighted by atomic mass is 10.3. The number of benzene rings is 2. The standard InChI is InChI=1S/C20H24ClFN2O4S/c21-19-4-1-2-5-20(19)28-15-17(25)14-23-10-3-11-24(13-12-23)29(26,27)18-8-6-16(22)7-9-18/h1-2,4-9,17,25H,3,10-15H2. The zero-order valence-electron chi connectivity index (χ0n) is 15.9. The molecule has 1 unspecified atom stereocenters. The van der Waals surface area contributed by atoms with E-state index in [9.17, 15) is 17.9 Å². The van der Waals surface area contributed by atoms with Gasteiger partial charge in [-0.15, -0.1) is 0 Å². The first-order chi connectivity index (χ1) is 13.9. The van der Waals surface area contributed by atoms with Gasteiger partial charge in [0.1, 0.15) is 24.3 Å². The Kier molecular flexibility index (Phi) is 7.48. The first-order valence-electron chi connectivity index (χ1n) is 9.40. The van der Waals surface area contributed by atoms with Crippen LogP contribution < -0.4 is 4.74 Å². The van der Waals surface area contributed by atoms with Crippen molar-refractivity contribution in [2.24, 2.45) is 0 Å². The molecule has 0 radical (unpaired) electrons. The van der Waals surface area contributed by atoms with Gasteiger partial charge in [0.05, 0.1) is 9.92 Å². The third kappa shape index (κ3) is 5.90. The van der Waals surface area contributed by atoms with Crippen LogP contribution in [0.4, 0.5) is 4.39 Å². The molecule has 0 saturated carbocycles. The maximum Gasteiger partial charge on any atom is 0.243 e. The van der Waals surface area contributed by atoms with Gasteiger partial charge >= 0.3 is 0 Å². The molecule has 1 atom stereocenters. The van der Waals surface area contributed by atoms with Crippen LogP contribution >= 0.6 is 11.6 Å². The van der Waals surface area contributed by atoms with Gasteiger partial charge in [0, 0.05) is 26.2 Å². The van der Waals surface area contributed by atoms with E-state index in [1.165, 1.54) is 16.4 Å². The molecule has 1 saturated heterocycles. The van der Waals surface area contributed by atoms with E-state index in [-0.39, 0.29) is 11.5 Å². The Morgan fingerprint density at radius 2 is 1.79 bits per heavy atom. The number of ether oxygens (including phenoxy) is 1. The highest BCUT2D eigenvalue weighted by Gasteiger charge is 2.27. The third-order valence-electron chi connectivity index (χ3n) is 4.74. The molecule has 1 aliphatic rings. The summed E-state index contributed by atoms with van der Waals surface area (Å²) < 4.78 is 45.6. The highest BCUT2D eigenvalue weighted by molar-refractivity contribution is 7.89. The SMILES string of the molecule is O=S(=O)(c1ccc(F)cc1)N1CCCN(CC(O)COc2ccccc2Cl)CC1. The van der Waals surface area contributed by atoms with E-state index >= 15 is 0 Å². The zero-order valence-corrected chi connectivity index (χ0v) is 17.4. The van der Waals surface area contributed by atoms with Crippen LogP contribution in [0.2, 0.25) is 5.02 Å². The number of aliphatic hydroxyl groups is 1. The number of sulfonamides is 1. The molecule has 29 heavy (non-hydrogen) atoms. The fraction of sp³-hybridized carbons (Fsp3) is 0.400. The van der Waals surface area contributed by atoms with Crippen LogP contribution in [0.1, 0.15) is 6.42 Å². The molecule has 1 aliphatic heterocycles. The summed E-state index contributed by atoms with van der Waals surface area (Å²) in [6, 6.07) is 11.9. The molecule has 0 aromatic heterocycles. The zero-order chi connectivity index (χ0) is 20.9. The number of hydrogen-bond donors (Lipinski definition) is 1. The van der Waals surface area contributed by atoms with Gasteiger partial charge in [-0.25, -0.2) is 12.8 Å². The summed E-state index contributed by atoms with van der Waals surface area (Å²) in [5.41, 5.74) is 0. The summed E-state index contributed by atoms with van der Waals surface area (Å²) in [4.78, 5) is 2.10. The Morgan fingerprint density at radius 1 is 1.07 bits per heavy atom. The van der Waals surface area contributed by atoms with Crippen molar-refractivity contribution < 1.29 is 22.7 Å². The first-order valence-corrected chi connectivity index (χ1v) is 11.2. The van der Waals surface area contributed by atoms with E-state index in [0.29, 0.717) is 49.9 Å². The number of aliphatic hydroxyl groups excluding tert-OH is 1. The van der Waals surface area contributed by atoms with E-state index in [0.717, 1.165) is 12.1 Å². The van der Waals surface area contributed by atoms with Crippen LogP contribution in [0.25, 0.3) is 0 Å². The maximum absolute atomic E-state index is 13.1. The first kappa shape index (κ1) is 22.0. The van der Waals surface area contributed by atoms with E-state index < -0.39 is 21.9 Å². The van der Waals surface area contributed by atoms with Crippen molar-refractivity contribution in [3.63, 3.8) is 0 Å². The average molecular weight is 443 g/mol. The van der Waals surface area contributed by atoms with Gasteiger partial charge in [-0.2, -0.15) is 4.31 Å². The Bertz CT molecular complexity index is 911. The highest BCUT2D eigenvalue weighted by Crippen LogP contribution is 2.23.